The molecular weight excluding hydrogens is 186 g/mol. The highest BCUT2D eigenvalue weighted by molar-refractivity contribution is 5.13. The molecule has 2 unspecified atom stereocenters. The van der Waals surface area contributed by atoms with Crippen LogP contribution in [0.15, 0.2) is 0 Å². The molecule has 15 heavy (non-hydrogen) atoms. The number of H-pyrrole nitrogens is 1. The number of aromatic nitrogens is 3. The van der Waals surface area contributed by atoms with Gasteiger partial charge in [-0.05, 0) is 49.4 Å². The van der Waals surface area contributed by atoms with Gasteiger partial charge in [0.1, 0.15) is 0 Å². The molecule has 0 aromatic carbocycles. The van der Waals surface area contributed by atoms with E-state index < -0.39 is 0 Å². The second-order valence-corrected chi connectivity index (χ2v) is 5.44. The Balaban J connectivity index is 1.75. The zero-order valence-corrected chi connectivity index (χ0v) is 9.53. The maximum Gasteiger partial charge on any atom is 0.0856 e. The van der Waals surface area contributed by atoms with Crippen LogP contribution in [0.3, 0.4) is 0 Å². The smallest absolute Gasteiger partial charge is 0.0856 e. The van der Waals surface area contributed by atoms with Crippen molar-refractivity contribution in [3.8, 4) is 0 Å². The quantitative estimate of drug-likeness (QED) is 0.763. The summed E-state index contributed by atoms with van der Waals surface area (Å²) in [6, 6.07) is 0. The van der Waals surface area contributed by atoms with Gasteiger partial charge in [0.25, 0.3) is 0 Å². The summed E-state index contributed by atoms with van der Waals surface area (Å²) < 4.78 is 0. The Labute approximate surface area is 90.7 Å². The Kier molecular flexibility index (Phi) is 2.08. The molecule has 82 valence electrons. The molecule has 0 aliphatic heterocycles. The zero-order chi connectivity index (χ0) is 10.4. The Hall–Kier alpha value is -0.860. The predicted octanol–water partition coefficient (Wildman–Crippen LogP) is 2.20. The van der Waals surface area contributed by atoms with Crippen molar-refractivity contribution in [2.24, 2.45) is 23.7 Å². The van der Waals surface area contributed by atoms with Crippen molar-refractivity contribution in [2.75, 3.05) is 0 Å². The van der Waals surface area contributed by atoms with E-state index in [0.717, 1.165) is 36.5 Å². The topological polar surface area (TPSA) is 41.6 Å². The molecule has 2 aliphatic carbocycles. The molecule has 0 spiro atoms. The lowest BCUT2D eigenvalue weighted by molar-refractivity contribution is 0.490. The van der Waals surface area contributed by atoms with Gasteiger partial charge >= 0.3 is 0 Å². The molecule has 1 N–H and O–H groups in total. The highest BCUT2D eigenvalue weighted by atomic mass is 15.3. The standard InChI is InChI=1S/C12H19N3/c1-7(2)12-8-3-5-10-11(14-15-13-10)6-4-9(8)12/h7-9,12H,3-6H2,1-2H3,(H,13,14,15). The lowest BCUT2D eigenvalue weighted by Gasteiger charge is -2.04. The summed E-state index contributed by atoms with van der Waals surface area (Å²) in [7, 11) is 0. The van der Waals surface area contributed by atoms with E-state index in [1.807, 2.05) is 0 Å². The number of aryl methyl sites for hydroxylation is 2. The van der Waals surface area contributed by atoms with Crippen LogP contribution < -0.4 is 0 Å². The van der Waals surface area contributed by atoms with E-state index in [0.29, 0.717) is 0 Å². The molecule has 3 nitrogen and oxygen atoms in total. The summed E-state index contributed by atoms with van der Waals surface area (Å²) in [4.78, 5) is 0. The average Bonchev–Trinajstić information content (AvgIpc) is 2.68. The summed E-state index contributed by atoms with van der Waals surface area (Å²) in [5.41, 5.74) is 2.45. The minimum Gasteiger partial charge on any atom is -0.197 e. The van der Waals surface area contributed by atoms with Crippen LogP contribution in [0.1, 0.15) is 38.1 Å². The molecule has 1 aromatic heterocycles. The van der Waals surface area contributed by atoms with Crippen LogP contribution in [0.25, 0.3) is 0 Å². The van der Waals surface area contributed by atoms with Gasteiger partial charge in [0.2, 0.25) is 0 Å². The SMILES string of the molecule is CC(C)C1C2CCc3n[nH]nc3CCC21. The van der Waals surface area contributed by atoms with Crippen molar-refractivity contribution in [2.45, 2.75) is 39.5 Å². The number of nitrogens with one attached hydrogen (secondary N) is 1. The summed E-state index contributed by atoms with van der Waals surface area (Å²) in [5.74, 6) is 3.81. The first kappa shape index (κ1) is 9.37. The van der Waals surface area contributed by atoms with Crippen molar-refractivity contribution in [1.82, 2.24) is 15.4 Å². The molecule has 1 aromatic rings. The minimum atomic E-state index is 0.861. The number of hydrogen-bond donors (Lipinski definition) is 1. The molecular formula is C12H19N3. The third-order valence-electron chi connectivity index (χ3n) is 4.30. The monoisotopic (exact) mass is 205 g/mol. The van der Waals surface area contributed by atoms with Crippen molar-refractivity contribution < 1.29 is 0 Å². The van der Waals surface area contributed by atoms with E-state index in [4.69, 9.17) is 0 Å². The van der Waals surface area contributed by atoms with Gasteiger partial charge in [-0.25, -0.2) is 0 Å². The first-order valence-corrected chi connectivity index (χ1v) is 6.16. The number of aromatic amines is 1. The fourth-order valence-corrected chi connectivity index (χ4v) is 3.56. The summed E-state index contributed by atoms with van der Waals surface area (Å²) in [6.07, 6.45) is 4.92. The van der Waals surface area contributed by atoms with Gasteiger partial charge < -0.3 is 0 Å². The molecule has 0 amide bonds. The van der Waals surface area contributed by atoms with Gasteiger partial charge in [-0.2, -0.15) is 15.4 Å². The first-order valence-electron chi connectivity index (χ1n) is 6.16. The van der Waals surface area contributed by atoms with Gasteiger partial charge in [0.15, 0.2) is 0 Å². The van der Waals surface area contributed by atoms with E-state index in [-0.39, 0.29) is 0 Å². The Morgan fingerprint density at radius 1 is 1.07 bits per heavy atom. The van der Waals surface area contributed by atoms with Crippen molar-refractivity contribution >= 4 is 0 Å². The number of nitrogens with zero attached hydrogens (tertiary/aromatic N) is 2. The van der Waals surface area contributed by atoms with Crippen LogP contribution >= 0.6 is 0 Å². The lowest BCUT2D eigenvalue weighted by Crippen LogP contribution is -2.00. The van der Waals surface area contributed by atoms with Crippen LogP contribution in [0, 0.1) is 23.7 Å². The molecule has 0 saturated heterocycles. The maximum atomic E-state index is 4.25. The van der Waals surface area contributed by atoms with E-state index in [1.54, 1.807) is 0 Å². The second-order valence-electron chi connectivity index (χ2n) is 5.44. The molecule has 1 fully saturated rings. The molecule has 0 bridgehead atoms. The van der Waals surface area contributed by atoms with Crippen LogP contribution in [-0.4, -0.2) is 15.4 Å². The van der Waals surface area contributed by atoms with E-state index in [9.17, 15) is 0 Å². The van der Waals surface area contributed by atoms with Crippen LogP contribution in [0.4, 0.5) is 0 Å². The van der Waals surface area contributed by atoms with Gasteiger partial charge in [-0.15, -0.1) is 0 Å². The maximum absolute atomic E-state index is 4.25. The third-order valence-corrected chi connectivity index (χ3v) is 4.30. The third kappa shape index (κ3) is 1.48. The summed E-state index contributed by atoms with van der Waals surface area (Å²) in [5, 5.41) is 11.2. The molecule has 3 rings (SSSR count). The largest absolute Gasteiger partial charge is 0.197 e. The van der Waals surface area contributed by atoms with Gasteiger partial charge in [-0.1, -0.05) is 13.8 Å². The van der Waals surface area contributed by atoms with E-state index in [2.05, 4.69) is 29.3 Å². The van der Waals surface area contributed by atoms with E-state index >= 15 is 0 Å². The van der Waals surface area contributed by atoms with Gasteiger partial charge in [-0.3, -0.25) is 0 Å². The molecule has 3 heteroatoms. The first-order chi connectivity index (χ1) is 7.27. The highest BCUT2D eigenvalue weighted by Crippen LogP contribution is 2.56. The molecule has 2 atom stereocenters. The molecule has 1 saturated carbocycles. The number of fused-ring (bicyclic) bond motifs is 2. The highest BCUT2D eigenvalue weighted by Gasteiger charge is 2.50. The predicted molar refractivity (Wildman–Crippen MR) is 58.3 cm³/mol. The fraction of sp³-hybridized carbons (Fsp3) is 0.833. The molecule has 0 radical (unpaired) electrons. The average molecular weight is 205 g/mol. The van der Waals surface area contributed by atoms with Crippen LogP contribution in [0.5, 0.6) is 0 Å². The lowest BCUT2D eigenvalue weighted by atomic mass is 10.0. The summed E-state index contributed by atoms with van der Waals surface area (Å²) >= 11 is 0. The van der Waals surface area contributed by atoms with Crippen LogP contribution in [-0.2, 0) is 12.8 Å². The van der Waals surface area contributed by atoms with Gasteiger partial charge in [0, 0.05) is 0 Å². The number of hydrogen-bond acceptors (Lipinski definition) is 2. The van der Waals surface area contributed by atoms with Gasteiger partial charge in [0.05, 0.1) is 11.4 Å². The minimum absolute atomic E-state index is 0.861. The second kappa shape index (κ2) is 3.32. The van der Waals surface area contributed by atoms with Crippen molar-refractivity contribution in [3.63, 3.8) is 0 Å². The molecule has 2 aliphatic rings. The van der Waals surface area contributed by atoms with Crippen LogP contribution in [0.2, 0.25) is 0 Å². The fourth-order valence-electron chi connectivity index (χ4n) is 3.56. The zero-order valence-electron chi connectivity index (χ0n) is 9.53. The Bertz CT molecular complexity index is 327. The Morgan fingerprint density at radius 2 is 1.60 bits per heavy atom. The van der Waals surface area contributed by atoms with E-state index in [1.165, 1.54) is 24.2 Å². The molecule has 1 heterocycles. The normalized spacial score (nSPS) is 34.2. The van der Waals surface area contributed by atoms with Crippen molar-refractivity contribution in [3.05, 3.63) is 11.4 Å². The summed E-state index contributed by atoms with van der Waals surface area (Å²) in [6.45, 7) is 4.74. The Morgan fingerprint density at radius 3 is 2.07 bits per heavy atom. The van der Waals surface area contributed by atoms with Crippen molar-refractivity contribution in [1.29, 1.82) is 0 Å². The number of rotatable bonds is 1.